The minimum Gasteiger partial charge on any atom is -0.497 e. The Morgan fingerprint density at radius 1 is 0.906 bits per heavy atom. The third-order valence-electron chi connectivity index (χ3n) is 5.85. The molecule has 3 heterocycles. The summed E-state index contributed by atoms with van der Waals surface area (Å²) in [6.45, 7) is -0.627. The third kappa shape index (κ3) is 4.49. The van der Waals surface area contributed by atoms with Crippen LogP contribution in [0.15, 0.2) is 24.3 Å². The van der Waals surface area contributed by atoms with Crippen molar-refractivity contribution >= 4 is 0 Å². The van der Waals surface area contributed by atoms with Crippen LogP contribution in [0.2, 0.25) is 0 Å². The number of aliphatic hydroxyl groups excluding tert-OH is 6. The summed E-state index contributed by atoms with van der Waals surface area (Å²) in [7, 11) is 1.55. The zero-order chi connectivity index (χ0) is 23.0. The van der Waals surface area contributed by atoms with E-state index in [0.717, 1.165) is 0 Å². The van der Waals surface area contributed by atoms with Crippen molar-refractivity contribution in [2.24, 2.45) is 0 Å². The Morgan fingerprint density at radius 2 is 1.62 bits per heavy atom. The highest BCUT2D eigenvalue weighted by atomic mass is 16.8. The molecule has 0 spiro atoms. The molecule has 6 N–H and O–H groups in total. The second-order valence-electron chi connectivity index (χ2n) is 7.89. The second kappa shape index (κ2) is 9.83. The minimum absolute atomic E-state index is 0.0134. The van der Waals surface area contributed by atoms with Crippen molar-refractivity contribution in [1.82, 2.24) is 0 Å². The normalized spacial score (nSPS) is 44.7. The first kappa shape index (κ1) is 23.7. The van der Waals surface area contributed by atoms with E-state index in [-0.39, 0.29) is 6.61 Å². The van der Waals surface area contributed by atoms with Gasteiger partial charge in [-0.2, -0.15) is 0 Å². The number of benzene rings is 1. The van der Waals surface area contributed by atoms with Crippen LogP contribution in [0.3, 0.4) is 0 Å². The quantitative estimate of drug-likeness (QED) is 0.270. The van der Waals surface area contributed by atoms with Gasteiger partial charge in [-0.1, -0.05) is 12.1 Å². The second-order valence-corrected chi connectivity index (χ2v) is 7.89. The molecule has 0 aliphatic carbocycles. The lowest BCUT2D eigenvalue weighted by Gasteiger charge is -2.48. The maximum atomic E-state index is 10.7. The highest BCUT2D eigenvalue weighted by Gasteiger charge is 2.52. The zero-order valence-corrected chi connectivity index (χ0v) is 17.2. The topological polar surface area (TPSA) is 177 Å². The van der Waals surface area contributed by atoms with E-state index in [1.54, 1.807) is 31.4 Å². The molecule has 1 aromatic carbocycles. The zero-order valence-electron chi connectivity index (χ0n) is 17.2. The molecular formula is C20H28O12. The van der Waals surface area contributed by atoms with Crippen molar-refractivity contribution in [3.8, 4) is 5.75 Å². The number of aliphatic hydroxyl groups is 6. The van der Waals surface area contributed by atoms with Crippen LogP contribution >= 0.6 is 0 Å². The van der Waals surface area contributed by atoms with Gasteiger partial charge in [0.05, 0.1) is 20.3 Å². The third-order valence-corrected chi connectivity index (χ3v) is 5.85. The molecule has 3 aliphatic rings. The smallest absolute Gasteiger partial charge is 0.187 e. The van der Waals surface area contributed by atoms with E-state index in [1.165, 1.54) is 0 Å². The lowest BCUT2D eigenvalue weighted by Crippen LogP contribution is -2.65. The van der Waals surface area contributed by atoms with Gasteiger partial charge in [0.2, 0.25) is 0 Å². The number of hydrogen-bond acceptors (Lipinski definition) is 12. The molecular weight excluding hydrogens is 432 g/mol. The Kier molecular flexibility index (Phi) is 7.29. The molecule has 4 rings (SSSR count). The monoisotopic (exact) mass is 460 g/mol. The van der Waals surface area contributed by atoms with Gasteiger partial charge in [-0.25, -0.2) is 0 Å². The van der Waals surface area contributed by atoms with Crippen LogP contribution in [0.5, 0.6) is 5.75 Å². The average molecular weight is 460 g/mol. The maximum absolute atomic E-state index is 10.7. The van der Waals surface area contributed by atoms with E-state index in [4.69, 9.17) is 28.4 Å². The molecule has 1 aromatic rings. The van der Waals surface area contributed by atoms with E-state index in [0.29, 0.717) is 11.3 Å². The van der Waals surface area contributed by atoms with Gasteiger partial charge in [0.15, 0.2) is 18.9 Å². The first-order chi connectivity index (χ1) is 15.3. The molecule has 12 nitrogen and oxygen atoms in total. The molecule has 3 aliphatic heterocycles. The van der Waals surface area contributed by atoms with Crippen LogP contribution in [-0.4, -0.2) is 112 Å². The molecule has 0 amide bonds. The lowest BCUT2D eigenvalue weighted by atomic mass is 9.96. The van der Waals surface area contributed by atoms with Crippen LogP contribution in [0.1, 0.15) is 11.9 Å². The van der Waals surface area contributed by atoms with E-state index in [9.17, 15) is 30.6 Å². The summed E-state index contributed by atoms with van der Waals surface area (Å²) >= 11 is 0. The van der Waals surface area contributed by atoms with E-state index < -0.39 is 74.3 Å². The molecule has 12 heteroatoms. The molecule has 180 valence electrons. The number of rotatable bonds is 5. The van der Waals surface area contributed by atoms with Crippen LogP contribution in [-0.2, 0) is 23.7 Å². The summed E-state index contributed by atoms with van der Waals surface area (Å²) in [5.74, 6) is 0.659. The molecule has 0 bridgehead atoms. The molecule has 32 heavy (non-hydrogen) atoms. The summed E-state index contributed by atoms with van der Waals surface area (Å²) in [4.78, 5) is 0. The van der Waals surface area contributed by atoms with Crippen molar-refractivity contribution in [1.29, 1.82) is 0 Å². The first-order valence-electron chi connectivity index (χ1n) is 10.2. The van der Waals surface area contributed by atoms with Gasteiger partial charge in [-0.05, 0) is 12.1 Å². The standard InChI is InChI=1S/C20H28O12/c1-27-9-4-2-8(3-5-9)19-28-7-11-17(31-19)13(23)15(25)20(30-11)32-16-10(6-21)29-18(26)14(24)12(16)22/h2-5,10-26H,6-7H2,1H3/t10?,11?,12?,13?,14?,15?,16-,17-,18-,19?,20+/m1/s1. The summed E-state index contributed by atoms with van der Waals surface area (Å²) in [5.41, 5.74) is 0.685. The van der Waals surface area contributed by atoms with Crippen LogP contribution in [0.25, 0.3) is 0 Å². The summed E-state index contributed by atoms with van der Waals surface area (Å²) in [5, 5.41) is 60.4. The number of ether oxygens (including phenoxy) is 6. The maximum Gasteiger partial charge on any atom is 0.187 e. The van der Waals surface area contributed by atoms with Gasteiger partial charge in [-0.15, -0.1) is 0 Å². The number of hydrogen-bond donors (Lipinski definition) is 6. The van der Waals surface area contributed by atoms with Crippen molar-refractivity contribution in [3.05, 3.63) is 29.8 Å². The van der Waals surface area contributed by atoms with Crippen molar-refractivity contribution in [2.45, 2.75) is 67.7 Å². The Bertz CT molecular complexity index is 743. The van der Waals surface area contributed by atoms with Gasteiger partial charge in [-0.3, -0.25) is 0 Å². The molecule has 3 saturated heterocycles. The van der Waals surface area contributed by atoms with Gasteiger partial charge in [0.25, 0.3) is 0 Å². The SMILES string of the molecule is COc1ccc(C2OCC3O[C@@H](O[C@@H]4C(CO)O[C@@H](O)C(O)C4O)C(O)C(O)[C@@H]3O2)cc1. The van der Waals surface area contributed by atoms with Crippen LogP contribution in [0.4, 0.5) is 0 Å². The van der Waals surface area contributed by atoms with E-state index in [2.05, 4.69) is 0 Å². The lowest BCUT2D eigenvalue weighted by molar-refractivity contribution is -0.384. The highest BCUT2D eigenvalue weighted by molar-refractivity contribution is 5.28. The van der Waals surface area contributed by atoms with E-state index in [1.807, 2.05) is 0 Å². The minimum atomic E-state index is -1.72. The largest absolute Gasteiger partial charge is 0.497 e. The fourth-order valence-electron chi connectivity index (χ4n) is 4.01. The number of fused-ring (bicyclic) bond motifs is 1. The van der Waals surface area contributed by atoms with Gasteiger partial charge >= 0.3 is 0 Å². The predicted molar refractivity (Wildman–Crippen MR) is 102 cm³/mol. The fraction of sp³-hybridized carbons (Fsp3) is 0.700. The average Bonchev–Trinajstić information content (AvgIpc) is 2.82. The Balaban J connectivity index is 1.43. The molecule has 11 atom stereocenters. The van der Waals surface area contributed by atoms with E-state index >= 15 is 0 Å². The van der Waals surface area contributed by atoms with Crippen molar-refractivity contribution in [2.75, 3.05) is 20.3 Å². The molecule has 0 aromatic heterocycles. The van der Waals surface area contributed by atoms with Gasteiger partial charge < -0.3 is 59.1 Å². The van der Waals surface area contributed by atoms with Gasteiger partial charge in [0.1, 0.15) is 54.6 Å². The first-order valence-corrected chi connectivity index (χ1v) is 10.2. The van der Waals surface area contributed by atoms with Crippen LogP contribution in [0, 0.1) is 0 Å². The van der Waals surface area contributed by atoms with Crippen LogP contribution < -0.4 is 4.74 Å². The highest BCUT2D eigenvalue weighted by Crippen LogP contribution is 2.36. The Hall–Kier alpha value is -1.42. The predicted octanol–water partition coefficient (Wildman–Crippen LogP) is -2.63. The molecule has 0 saturated carbocycles. The summed E-state index contributed by atoms with van der Waals surface area (Å²) in [6, 6.07) is 6.98. The summed E-state index contributed by atoms with van der Waals surface area (Å²) < 4.78 is 33.0. The Labute approximate surface area is 183 Å². The Morgan fingerprint density at radius 3 is 2.28 bits per heavy atom. The fourth-order valence-corrected chi connectivity index (χ4v) is 4.01. The van der Waals surface area contributed by atoms with Crippen molar-refractivity contribution < 1.29 is 59.1 Å². The molecule has 3 fully saturated rings. The summed E-state index contributed by atoms with van der Waals surface area (Å²) in [6.07, 6.45) is -14.6. The molecule has 7 unspecified atom stereocenters. The molecule has 0 radical (unpaired) electrons. The van der Waals surface area contributed by atoms with Crippen molar-refractivity contribution in [3.63, 3.8) is 0 Å². The number of methoxy groups -OCH3 is 1. The van der Waals surface area contributed by atoms with Gasteiger partial charge in [0, 0.05) is 5.56 Å².